The number of carbonyl (C=O) groups excluding carboxylic acids is 1. The van der Waals surface area contributed by atoms with E-state index in [1.165, 1.54) is 24.4 Å². The molecule has 0 aliphatic heterocycles. The fourth-order valence-electron chi connectivity index (χ4n) is 2.05. The molecule has 1 heterocycles. The number of hydrogen-bond acceptors (Lipinski definition) is 4. The van der Waals surface area contributed by atoms with Gasteiger partial charge in [-0.3, -0.25) is 4.79 Å². The molecule has 1 aromatic carbocycles. The van der Waals surface area contributed by atoms with E-state index in [2.05, 4.69) is 15.6 Å². The molecule has 9 heteroatoms. The van der Waals surface area contributed by atoms with Crippen molar-refractivity contribution < 1.29 is 19.1 Å². The number of carboxylic acid groups (broad SMARTS) is 1. The summed E-state index contributed by atoms with van der Waals surface area (Å²) in [5.41, 5.74) is -0.0769. The van der Waals surface area contributed by atoms with Crippen LogP contribution >= 0.6 is 11.6 Å². The lowest BCUT2D eigenvalue weighted by Gasteiger charge is -2.12. The van der Waals surface area contributed by atoms with Gasteiger partial charge >= 0.3 is 5.97 Å². The Morgan fingerprint density at radius 2 is 2.21 bits per heavy atom. The van der Waals surface area contributed by atoms with Crippen LogP contribution in [0.25, 0.3) is 5.69 Å². The third-order valence-electron chi connectivity index (χ3n) is 3.35. The lowest BCUT2D eigenvalue weighted by atomic mass is 10.1. The maximum Gasteiger partial charge on any atom is 0.326 e. The maximum absolute atomic E-state index is 14.0. The summed E-state index contributed by atoms with van der Waals surface area (Å²) in [6.45, 7) is 1.92. The Hall–Kier alpha value is -2.48. The number of carboxylic acids is 1. The first-order valence-electron chi connectivity index (χ1n) is 7.34. The van der Waals surface area contributed by atoms with E-state index in [0.717, 1.165) is 11.1 Å². The number of benzene rings is 1. The van der Waals surface area contributed by atoms with Crippen LogP contribution in [0.3, 0.4) is 0 Å². The van der Waals surface area contributed by atoms with Crippen LogP contribution in [0.1, 0.15) is 36.7 Å². The Bertz CT molecular complexity index is 750. The number of carbonyl (C=O) groups is 2. The van der Waals surface area contributed by atoms with Gasteiger partial charge in [0.1, 0.15) is 11.7 Å². The van der Waals surface area contributed by atoms with Crippen molar-refractivity contribution in [2.45, 2.75) is 32.2 Å². The zero-order chi connectivity index (χ0) is 17.7. The molecule has 2 N–H and O–H groups in total. The first-order valence-corrected chi connectivity index (χ1v) is 7.72. The predicted octanol–water partition coefficient (Wildman–Crippen LogP) is 2.43. The molecule has 0 saturated carbocycles. The molecule has 7 nitrogen and oxygen atoms in total. The van der Waals surface area contributed by atoms with E-state index >= 15 is 0 Å². The normalized spacial score (nSPS) is 12.0. The quantitative estimate of drug-likeness (QED) is 0.796. The molecule has 0 bridgehead atoms. The van der Waals surface area contributed by atoms with Crippen molar-refractivity contribution in [1.29, 1.82) is 0 Å². The van der Waals surface area contributed by atoms with Gasteiger partial charge in [-0.05, 0) is 18.6 Å². The standard InChI is InChI=1S/C15H16ClFN4O3/c1-2-3-6-10(15(23)24)18-14(22)11-8-21(20-19-11)12-7-4-5-9(16)13(12)17/h4-5,7-8,10H,2-3,6H2,1H3,(H,18,22)(H,23,24)/t10-/m0/s1. The van der Waals surface area contributed by atoms with Gasteiger partial charge in [-0.25, -0.2) is 13.9 Å². The number of aromatic nitrogens is 3. The minimum atomic E-state index is -1.12. The number of nitrogens with one attached hydrogen (secondary N) is 1. The summed E-state index contributed by atoms with van der Waals surface area (Å²) in [5.74, 6) is -2.50. The number of hydrogen-bond donors (Lipinski definition) is 2. The number of nitrogens with zero attached hydrogens (tertiary/aromatic N) is 3. The summed E-state index contributed by atoms with van der Waals surface area (Å²) in [6, 6.07) is 3.34. The van der Waals surface area contributed by atoms with Crippen LogP contribution in [-0.2, 0) is 4.79 Å². The highest BCUT2D eigenvalue weighted by Gasteiger charge is 2.22. The molecular weight excluding hydrogens is 339 g/mol. The Morgan fingerprint density at radius 1 is 1.46 bits per heavy atom. The Balaban J connectivity index is 2.16. The highest BCUT2D eigenvalue weighted by Crippen LogP contribution is 2.20. The maximum atomic E-state index is 14.0. The van der Waals surface area contributed by atoms with E-state index in [1.54, 1.807) is 0 Å². The molecule has 0 aliphatic rings. The van der Waals surface area contributed by atoms with Gasteiger partial charge in [0.25, 0.3) is 5.91 Å². The lowest BCUT2D eigenvalue weighted by Crippen LogP contribution is -2.40. The van der Waals surface area contributed by atoms with Crippen LogP contribution in [0, 0.1) is 5.82 Å². The van der Waals surface area contributed by atoms with Gasteiger partial charge < -0.3 is 10.4 Å². The van der Waals surface area contributed by atoms with Gasteiger partial charge in [0.15, 0.2) is 11.5 Å². The first-order chi connectivity index (χ1) is 11.4. The molecule has 24 heavy (non-hydrogen) atoms. The molecule has 0 radical (unpaired) electrons. The van der Waals surface area contributed by atoms with Crippen LogP contribution in [0.15, 0.2) is 24.4 Å². The van der Waals surface area contributed by atoms with Crippen molar-refractivity contribution >= 4 is 23.5 Å². The lowest BCUT2D eigenvalue weighted by molar-refractivity contribution is -0.139. The van der Waals surface area contributed by atoms with Crippen molar-refractivity contribution in [1.82, 2.24) is 20.3 Å². The van der Waals surface area contributed by atoms with Gasteiger partial charge in [0.05, 0.1) is 11.2 Å². The molecule has 1 aromatic heterocycles. The molecule has 0 unspecified atom stereocenters. The summed E-state index contributed by atoms with van der Waals surface area (Å²) in [6.07, 6.45) is 3.00. The van der Waals surface area contributed by atoms with Gasteiger partial charge in [-0.15, -0.1) is 5.10 Å². The Labute approximate surface area is 142 Å². The fourth-order valence-corrected chi connectivity index (χ4v) is 2.22. The molecule has 0 fully saturated rings. The summed E-state index contributed by atoms with van der Waals surface area (Å²) < 4.78 is 15.0. The van der Waals surface area contributed by atoms with Crippen molar-refractivity contribution in [3.05, 3.63) is 40.9 Å². The first kappa shape index (κ1) is 17.9. The minimum absolute atomic E-state index is 0.0369. The van der Waals surface area contributed by atoms with Gasteiger partial charge in [-0.1, -0.05) is 42.6 Å². The fraction of sp³-hybridized carbons (Fsp3) is 0.333. The number of amides is 1. The number of rotatable bonds is 7. The molecular formula is C15H16ClFN4O3. The second-order valence-corrected chi connectivity index (χ2v) is 5.54. The SMILES string of the molecule is CCCC[C@H](NC(=O)c1cn(-c2cccc(Cl)c2F)nn1)C(=O)O. The van der Waals surface area contributed by atoms with Crippen LogP contribution in [0.2, 0.25) is 5.02 Å². The van der Waals surface area contributed by atoms with E-state index in [9.17, 15) is 14.0 Å². The topological polar surface area (TPSA) is 97.1 Å². The van der Waals surface area contributed by atoms with E-state index in [1.807, 2.05) is 6.92 Å². The molecule has 2 rings (SSSR count). The summed E-state index contributed by atoms with van der Waals surface area (Å²) in [5, 5.41) is 18.8. The second kappa shape index (κ2) is 7.87. The van der Waals surface area contributed by atoms with E-state index in [-0.39, 0.29) is 16.4 Å². The molecule has 0 saturated heterocycles. The van der Waals surface area contributed by atoms with Crippen LogP contribution in [0.5, 0.6) is 0 Å². The van der Waals surface area contributed by atoms with Gasteiger partial charge in [0, 0.05) is 0 Å². The largest absolute Gasteiger partial charge is 0.480 e. The van der Waals surface area contributed by atoms with Crippen molar-refractivity contribution in [2.75, 3.05) is 0 Å². The second-order valence-electron chi connectivity index (χ2n) is 5.13. The van der Waals surface area contributed by atoms with E-state index in [0.29, 0.717) is 12.8 Å². The average Bonchev–Trinajstić information content (AvgIpc) is 3.03. The number of aliphatic carboxylic acids is 1. The monoisotopic (exact) mass is 354 g/mol. The smallest absolute Gasteiger partial charge is 0.326 e. The van der Waals surface area contributed by atoms with Crippen LogP contribution < -0.4 is 5.32 Å². The van der Waals surface area contributed by atoms with Gasteiger partial charge in [-0.2, -0.15) is 0 Å². The highest BCUT2D eigenvalue weighted by atomic mass is 35.5. The molecule has 0 aliphatic carbocycles. The summed E-state index contributed by atoms with van der Waals surface area (Å²) >= 11 is 5.70. The molecule has 2 aromatic rings. The number of unbranched alkanes of at least 4 members (excludes halogenated alkanes) is 1. The Morgan fingerprint density at radius 3 is 2.88 bits per heavy atom. The summed E-state index contributed by atoms with van der Waals surface area (Å²) in [7, 11) is 0. The average molecular weight is 355 g/mol. The van der Waals surface area contributed by atoms with Crippen molar-refractivity contribution in [3.8, 4) is 5.69 Å². The molecule has 1 atom stereocenters. The summed E-state index contributed by atoms with van der Waals surface area (Å²) in [4.78, 5) is 23.3. The van der Waals surface area contributed by atoms with Crippen molar-refractivity contribution in [2.24, 2.45) is 0 Å². The molecule has 0 spiro atoms. The minimum Gasteiger partial charge on any atom is -0.480 e. The third-order valence-corrected chi connectivity index (χ3v) is 3.65. The highest BCUT2D eigenvalue weighted by molar-refractivity contribution is 6.30. The van der Waals surface area contributed by atoms with E-state index < -0.39 is 23.7 Å². The van der Waals surface area contributed by atoms with E-state index in [4.69, 9.17) is 16.7 Å². The molecule has 1 amide bonds. The number of halogens is 2. The van der Waals surface area contributed by atoms with Crippen LogP contribution in [0.4, 0.5) is 4.39 Å². The van der Waals surface area contributed by atoms with Crippen molar-refractivity contribution in [3.63, 3.8) is 0 Å². The zero-order valence-electron chi connectivity index (χ0n) is 12.9. The van der Waals surface area contributed by atoms with Gasteiger partial charge in [0.2, 0.25) is 0 Å². The molecule has 128 valence electrons. The Kier molecular flexibility index (Phi) is 5.86. The predicted molar refractivity (Wildman–Crippen MR) is 84.7 cm³/mol. The zero-order valence-corrected chi connectivity index (χ0v) is 13.6. The third kappa shape index (κ3) is 4.08. The van der Waals surface area contributed by atoms with Crippen LogP contribution in [-0.4, -0.2) is 38.0 Å².